The van der Waals surface area contributed by atoms with Gasteiger partial charge in [0, 0.05) is 0 Å². The molecular formula is C8H10O. The van der Waals surface area contributed by atoms with Crippen molar-refractivity contribution < 1.29 is 4.74 Å². The minimum atomic E-state index is 1.25. The Hall–Kier alpha value is -0.980. The maximum absolute atomic E-state index is 4.93. The van der Waals surface area contributed by atoms with Gasteiger partial charge in [-0.05, 0) is 37.1 Å². The minimum Gasteiger partial charge on any atom is -0.473 e. The summed E-state index contributed by atoms with van der Waals surface area (Å²) in [7, 11) is 0. The molecule has 1 heteroatoms. The normalized spacial score (nSPS) is 17.6. The van der Waals surface area contributed by atoms with Crippen molar-refractivity contribution in [3.63, 3.8) is 0 Å². The van der Waals surface area contributed by atoms with E-state index in [1.165, 1.54) is 11.1 Å². The van der Waals surface area contributed by atoms with Crippen LogP contribution in [0.3, 0.4) is 0 Å². The summed E-state index contributed by atoms with van der Waals surface area (Å²) in [5.74, 6) is 0. The summed E-state index contributed by atoms with van der Waals surface area (Å²) in [6, 6.07) is 0. The Morgan fingerprint density at radius 2 is 1.44 bits per heavy atom. The molecule has 0 amide bonds. The SMILES string of the molecule is CC1=C(C)C=COC=C1. The van der Waals surface area contributed by atoms with Crippen molar-refractivity contribution in [2.75, 3.05) is 0 Å². The molecule has 0 saturated carbocycles. The van der Waals surface area contributed by atoms with E-state index in [2.05, 4.69) is 13.8 Å². The summed E-state index contributed by atoms with van der Waals surface area (Å²) in [4.78, 5) is 0. The topological polar surface area (TPSA) is 9.23 Å². The Balaban J connectivity index is 2.90. The lowest BCUT2D eigenvalue weighted by atomic mass is 10.1. The molecule has 0 saturated heterocycles. The summed E-state index contributed by atoms with van der Waals surface area (Å²) < 4.78 is 4.93. The molecule has 0 aromatic rings. The number of hydrogen-bond acceptors (Lipinski definition) is 1. The van der Waals surface area contributed by atoms with Gasteiger partial charge in [-0.15, -0.1) is 0 Å². The molecule has 0 aromatic carbocycles. The molecule has 0 N–H and O–H groups in total. The molecule has 0 aliphatic carbocycles. The zero-order valence-electron chi connectivity index (χ0n) is 5.72. The average Bonchev–Trinajstić information content (AvgIpc) is 1.99. The summed E-state index contributed by atoms with van der Waals surface area (Å²) in [6.07, 6.45) is 7.27. The van der Waals surface area contributed by atoms with Crippen LogP contribution in [0.25, 0.3) is 0 Å². The molecule has 0 fully saturated rings. The first-order valence-electron chi connectivity index (χ1n) is 2.97. The van der Waals surface area contributed by atoms with Gasteiger partial charge >= 0.3 is 0 Å². The molecule has 1 aliphatic heterocycles. The first-order chi connectivity index (χ1) is 4.30. The van der Waals surface area contributed by atoms with Crippen molar-refractivity contribution >= 4 is 0 Å². The Morgan fingerprint density at radius 1 is 1.00 bits per heavy atom. The van der Waals surface area contributed by atoms with Crippen LogP contribution in [-0.2, 0) is 4.74 Å². The fourth-order valence-corrected chi connectivity index (χ4v) is 0.591. The standard InChI is InChI=1S/C8H10O/c1-7-3-5-9-6-4-8(7)2/h3-6H,1-2H3. The third kappa shape index (κ3) is 1.46. The molecule has 9 heavy (non-hydrogen) atoms. The first-order valence-corrected chi connectivity index (χ1v) is 2.97. The van der Waals surface area contributed by atoms with Crippen LogP contribution in [0.15, 0.2) is 35.8 Å². The van der Waals surface area contributed by atoms with Gasteiger partial charge in [0.2, 0.25) is 0 Å². The van der Waals surface area contributed by atoms with E-state index in [4.69, 9.17) is 4.74 Å². The molecule has 0 aromatic heterocycles. The summed E-state index contributed by atoms with van der Waals surface area (Å²) in [6.45, 7) is 4.12. The van der Waals surface area contributed by atoms with Crippen molar-refractivity contribution in [1.82, 2.24) is 0 Å². The van der Waals surface area contributed by atoms with Crippen LogP contribution < -0.4 is 0 Å². The van der Waals surface area contributed by atoms with Crippen LogP contribution >= 0.6 is 0 Å². The Labute approximate surface area is 55.3 Å². The van der Waals surface area contributed by atoms with Crippen LogP contribution in [0.4, 0.5) is 0 Å². The van der Waals surface area contributed by atoms with Crippen molar-refractivity contribution in [3.8, 4) is 0 Å². The van der Waals surface area contributed by atoms with E-state index in [-0.39, 0.29) is 0 Å². The van der Waals surface area contributed by atoms with E-state index >= 15 is 0 Å². The lowest BCUT2D eigenvalue weighted by Gasteiger charge is -1.90. The molecule has 48 valence electrons. The van der Waals surface area contributed by atoms with E-state index in [0.717, 1.165) is 0 Å². The van der Waals surface area contributed by atoms with Crippen LogP contribution in [0, 0.1) is 0 Å². The molecule has 0 unspecified atom stereocenters. The predicted molar refractivity (Wildman–Crippen MR) is 37.7 cm³/mol. The van der Waals surface area contributed by atoms with Crippen molar-refractivity contribution in [3.05, 3.63) is 35.8 Å². The number of allylic oxidation sites excluding steroid dienone is 4. The molecule has 1 rings (SSSR count). The summed E-state index contributed by atoms with van der Waals surface area (Å²) in [5, 5.41) is 0. The van der Waals surface area contributed by atoms with Gasteiger partial charge < -0.3 is 4.74 Å². The van der Waals surface area contributed by atoms with Crippen LogP contribution in [0.5, 0.6) is 0 Å². The highest BCUT2D eigenvalue weighted by molar-refractivity contribution is 5.30. The fraction of sp³-hybridized carbons (Fsp3) is 0.250. The van der Waals surface area contributed by atoms with Crippen molar-refractivity contribution in [2.24, 2.45) is 0 Å². The number of hydrogen-bond donors (Lipinski definition) is 0. The van der Waals surface area contributed by atoms with E-state index in [9.17, 15) is 0 Å². The van der Waals surface area contributed by atoms with Gasteiger partial charge in [-0.2, -0.15) is 0 Å². The minimum absolute atomic E-state index is 1.25. The van der Waals surface area contributed by atoms with Gasteiger partial charge in [0.15, 0.2) is 0 Å². The van der Waals surface area contributed by atoms with Crippen LogP contribution in [0.1, 0.15) is 13.8 Å². The molecule has 1 nitrogen and oxygen atoms in total. The van der Waals surface area contributed by atoms with E-state index < -0.39 is 0 Å². The van der Waals surface area contributed by atoms with Gasteiger partial charge in [-0.1, -0.05) is 0 Å². The second-order valence-electron chi connectivity index (χ2n) is 2.11. The average molecular weight is 122 g/mol. The zero-order chi connectivity index (χ0) is 6.69. The summed E-state index contributed by atoms with van der Waals surface area (Å²) in [5.41, 5.74) is 2.51. The second-order valence-corrected chi connectivity index (χ2v) is 2.11. The smallest absolute Gasteiger partial charge is 0.0904 e. The lowest BCUT2D eigenvalue weighted by molar-refractivity contribution is 0.403. The van der Waals surface area contributed by atoms with Gasteiger partial charge in [0.1, 0.15) is 0 Å². The highest BCUT2D eigenvalue weighted by Gasteiger charge is 1.90. The van der Waals surface area contributed by atoms with Crippen LogP contribution in [-0.4, -0.2) is 0 Å². The van der Waals surface area contributed by atoms with E-state index in [1.807, 2.05) is 12.2 Å². The lowest BCUT2D eigenvalue weighted by Crippen LogP contribution is -1.71. The third-order valence-electron chi connectivity index (χ3n) is 1.42. The maximum atomic E-state index is 4.93. The largest absolute Gasteiger partial charge is 0.473 e. The fourth-order valence-electron chi connectivity index (χ4n) is 0.591. The van der Waals surface area contributed by atoms with Gasteiger partial charge in [-0.3, -0.25) is 0 Å². The molecule has 0 spiro atoms. The molecule has 1 heterocycles. The monoisotopic (exact) mass is 122 g/mol. The molecular weight excluding hydrogens is 112 g/mol. The number of ether oxygens (including phenoxy) is 1. The Morgan fingerprint density at radius 3 is 1.89 bits per heavy atom. The number of rotatable bonds is 0. The molecule has 0 atom stereocenters. The Kier molecular flexibility index (Phi) is 1.73. The van der Waals surface area contributed by atoms with Crippen LogP contribution in [0.2, 0.25) is 0 Å². The molecule has 1 aliphatic rings. The van der Waals surface area contributed by atoms with Gasteiger partial charge in [0.25, 0.3) is 0 Å². The zero-order valence-corrected chi connectivity index (χ0v) is 5.72. The van der Waals surface area contributed by atoms with Gasteiger partial charge in [0.05, 0.1) is 12.5 Å². The predicted octanol–water partition coefficient (Wildman–Crippen LogP) is 2.38. The highest BCUT2D eigenvalue weighted by Crippen LogP contribution is 2.09. The van der Waals surface area contributed by atoms with E-state index in [0.29, 0.717) is 0 Å². The maximum Gasteiger partial charge on any atom is 0.0904 e. The molecule has 0 radical (unpaired) electrons. The second kappa shape index (κ2) is 2.53. The molecule has 0 bridgehead atoms. The first kappa shape index (κ1) is 6.14. The van der Waals surface area contributed by atoms with Gasteiger partial charge in [-0.25, -0.2) is 0 Å². The van der Waals surface area contributed by atoms with Crippen molar-refractivity contribution in [2.45, 2.75) is 13.8 Å². The quantitative estimate of drug-likeness (QED) is 0.479. The van der Waals surface area contributed by atoms with E-state index in [1.54, 1.807) is 12.5 Å². The summed E-state index contributed by atoms with van der Waals surface area (Å²) >= 11 is 0. The highest BCUT2D eigenvalue weighted by atomic mass is 16.5. The van der Waals surface area contributed by atoms with Crippen molar-refractivity contribution in [1.29, 1.82) is 0 Å². The third-order valence-corrected chi connectivity index (χ3v) is 1.42. The Bertz CT molecular complexity index is 165.